The normalized spacial score (nSPS) is 14.3. The molecule has 2 aromatic rings. The number of pyridine rings is 1. The number of amides is 2. The summed E-state index contributed by atoms with van der Waals surface area (Å²) in [5, 5.41) is 3.24. The maximum Gasteiger partial charge on any atom is 0.274 e. The number of halogens is 1. The first-order chi connectivity index (χ1) is 11.6. The second-order valence-electron chi connectivity index (χ2n) is 5.28. The molecule has 1 aliphatic rings. The van der Waals surface area contributed by atoms with Gasteiger partial charge in [-0.1, -0.05) is 23.7 Å². The molecule has 1 aromatic heterocycles. The predicted octanol–water partition coefficient (Wildman–Crippen LogP) is 2.46. The second-order valence-corrected chi connectivity index (χ2v) is 5.71. The van der Waals surface area contributed by atoms with Crippen LogP contribution in [0.1, 0.15) is 21.0 Å². The van der Waals surface area contributed by atoms with E-state index in [0.29, 0.717) is 37.0 Å². The molecule has 6 nitrogen and oxygen atoms in total. The molecule has 7 heteroatoms. The molecule has 1 aliphatic heterocycles. The van der Waals surface area contributed by atoms with Crippen molar-refractivity contribution in [2.75, 3.05) is 31.6 Å². The fourth-order valence-electron chi connectivity index (χ4n) is 2.37. The molecule has 0 spiro atoms. The first-order valence-electron chi connectivity index (χ1n) is 7.54. The van der Waals surface area contributed by atoms with E-state index in [9.17, 15) is 9.59 Å². The summed E-state index contributed by atoms with van der Waals surface area (Å²) < 4.78 is 5.23. The topological polar surface area (TPSA) is 71.5 Å². The van der Waals surface area contributed by atoms with Gasteiger partial charge in [0.15, 0.2) is 0 Å². The lowest BCUT2D eigenvalue weighted by Gasteiger charge is -2.26. The summed E-state index contributed by atoms with van der Waals surface area (Å²) in [7, 11) is 0. The van der Waals surface area contributed by atoms with E-state index in [-0.39, 0.29) is 17.3 Å². The summed E-state index contributed by atoms with van der Waals surface area (Å²) in [6, 6.07) is 11.6. The molecule has 1 fully saturated rings. The number of aromatic nitrogens is 1. The van der Waals surface area contributed by atoms with Crippen molar-refractivity contribution in [2.24, 2.45) is 0 Å². The number of nitrogens with zero attached hydrogens (tertiary/aromatic N) is 2. The van der Waals surface area contributed by atoms with Crippen molar-refractivity contribution in [1.82, 2.24) is 9.88 Å². The van der Waals surface area contributed by atoms with Gasteiger partial charge >= 0.3 is 0 Å². The van der Waals surface area contributed by atoms with E-state index in [0.717, 1.165) is 0 Å². The Balaban J connectivity index is 1.74. The first kappa shape index (κ1) is 16.4. The molecule has 124 valence electrons. The van der Waals surface area contributed by atoms with E-state index in [1.807, 2.05) is 0 Å². The molecule has 1 saturated heterocycles. The highest BCUT2D eigenvalue weighted by atomic mass is 35.5. The zero-order chi connectivity index (χ0) is 16.9. The Morgan fingerprint density at radius 1 is 1.08 bits per heavy atom. The zero-order valence-electron chi connectivity index (χ0n) is 12.9. The van der Waals surface area contributed by atoms with E-state index in [2.05, 4.69) is 10.3 Å². The Morgan fingerprint density at radius 2 is 1.79 bits per heavy atom. The molecule has 0 unspecified atom stereocenters. The highest BCUT2D eigenvalue weighted by Gasteiger charge is 2.20. The number of morpholine rings is 1. The maximum atomic E-state index is 12.4. The minimum atomic E-state index is -0.395. The number of ether oxygens (including phenoxy) is 1. The standard InChI is InChI=1S/C17H16ClN3O3/c18-12-3-1-4-13(11-12)19-16(22)14-5-2-6-15(20-14)17(23)21-7-9-24-10-8-21/h1-6,11H,7-10H2,(H,19,22). The number of hydrogen-bond donors (Lipinski definition) is 1. The Hall–Kier alpha value is -2.44. The van der Waals surface area contributed by atoms with E-state index in [4.69, 9.17) is 16.3 Å². The summed E-state index contributed by atoms with van der Waals surface area (Å²) in [6.07, 6.45) is 0. The number of nitrogens with one attached hydrogen (secondary N) is 1. The second kappa shape index (κ2) is 7.42. The third-order valence-corrected chi connectivity index (χ3v) is 3.82. The molecule has 0 atom stereocenters. The van der Waals surface area contributed by atoms with Crippen LogP contribution in [0.5, 0.6) is 0 Å². The number of hydrogen-bond acceptors (Lipinski definition) is 4. The van der Waals surface area contributed by atoms with Crippen molar-refractivity contribution >= 4 is 29.1 Å². The average Bonchev–Trinajstić information content (AvgIpc) is 2.62. The largest absolute Gasteiger partial charge is 0.378 e. The number of carbonyl (C=O) groups is 2. The van der Waals surface area contributed by atoms with Gasteiger partial charge in [0.2, 0.25) is 0 Å². The number of anilines is 1. The van der Waals surface area contributed by atoms with Crippen LogP contribution >= 0.6 is 11.6 Å². The lowest BCUT2D eigenvalue weighted by molar-refractivity contribution is 0.0299. The third kappa shape index (κ3) is 3.90. The van der Waals surface area contributed by atoms with Crippen LogP contribution in [0.25, 0.3) is 0 Å². The van der Waals surface area contributed by atoms with Gasteiger partial charge in [0.05, 0.1) is 13.2 Å². The Kier molecular flexibility index (Phi) is 5.08. The Morgan fingerprint density at radius 3 is 2.54 bits per heavy atom. The molecule has 1 aromatic carbocycles. The molecule has 24 heavy (non-hydrogen) atoms. The van der Waals surface area contributed by atoms with E-state index >= 15 is 0 Å². The van der Waals surface area contributed by atoms with Gasteiger partial charge in [-0.3, -0.25) is 9.59 Å². The molecule has 0 aliphatic carbocycles. The van der Waals surface area contributed by atoms with Gasteiger partial charge in [-0.15, -0.1) is 0 Å². The Bertz CT molecular complexity index is 760. The number of rotatable bonds is 3. The quantitative estimate of drug-likeness (QED) is 0.927. The lowest BCUT2D eigenvalue weighted by Crippen LogP contribution is -2.41. The highest BCUT2D eigenvalue weighted by molar-refractivity contribution is 6.30. The van der Waals surface area contributed by atoms with Crippen molar-refractivity contribution in [3.63, 3.8) is 0 Å². The smallest absolute Gasteiger partial charge is 0.274 e. The molecule has 2 heterocycles. The summed E-state index contributed by atoms with van der Waals surface area (Å²) in [4.78, 5) is 30.6. The van der Waals surface area contributed by atoms with Crippen LogP contribution in [-0.4, -0.2) is 48.0 Å². The third-order valence-electron chi connectivity index (χ3n) is 3.58. The zero-order valence-corrected chi connectivity index (χ0v) is 13.6. The van der Waals surface area contributed by atoms with Crippen molar-refractivity contribution < 1.29 is 14.3 Å². The van der Waals surface area contributed by atoms with E-state index < -0.39 is 5.91 Å². The van der Waals surface area contributed by atoms with Gasteiger partial charge in [-0.25, -0.2) is 4.98 Å². The summed E-state index contributed by atoms with van der Waals surface area (Å²) in [6.45, 7) is 2.08. The van der Waals surface area contributed by atoms with Crippen LogP contribution < -0.4 is 5.32 Å². The average molecular weight is 346 g/mol. The van der Waals surface area contributed by atoms with Gasteiger partial charge < -0.3 is 15.0 Å². The van der Waals surface area contributed by atoms with E-state index in [1.54, 1.807) is 47.4 Å². The summed E-state index contributed by atoms with van der Waals surface area (Å²) in [5.74, 6) is -0.593. The minimum absolute atomic E-state index is 0.175. The minimum Gasteiger partial charge on any atom is -0.378 e. The van der Waals surface area contributed by atoms with Crippen LogP contribution in [0.4, 0.5) is 5.69 Å². The van der Waals surface area contributed by atoms with Crippen molar-refractivity contribution in [2.45, 2.75) is 0 Å². The van der Waals surface area contributed by atoms with Crippen LogP contribution in [0.15, 0.2) is 42.5 Å². The fourth-order valence-corrected chi connectivity index (χ4v) is 2.56. The molecule has 0 bridgehead atoms. The fraction of sp³-hybridized carbons (Fsp3) is 0.235. The predicted molar refractivity (Wildman–Crippen MR) is 90.4 cm³/mol. The van der Waals surface area contributed by atoms with Gasteiger partial charge in [-0.2, -0.15) is 0 Å². The van der Waals surface area contributed by atoms with Gasteiger partial charge in [-0.05, 0) is 30.3 Å². The maximum absolute atomic E-state index is 12.4. The molecule has 0 radical (unpaired) electrons. The monoisotopic (exact) mass is 345 g/mol. The Labute approximate surface area is 144 Å². The van der Waals surface area contributed by atoms with Crippen LogP contribution in [0.2, 0.25) is 5.02 Å². The van der Waals surface area contributed by atoms with E-state index in [1.165, 1.54) is 0 Å². The summed E-state index contributed by atoms with van der Waals surface area (Å²) in [5.41, 5.74) is 0.990. The molecule has 2 amide bonds. The molecule has 0 saturated carbocycles. The van der Waals surface area contributed by atoms with Crippen molar-refractivity contribution in [3.8, 4) is 0 Å². The van der Waals surface area contributed by atoms with Crippen LogP contribution in [0, 0.1) is 0 Å². The van der Waals surface area contributed by atoms with Crippen LogP contribution in [0.3, 0.4) is 0 Å². The molecule has 1 N–H and O–H groups in total. The molecule has 3 rings (SSSR count). The van der Waals surface area contributed by atoms with Crippen LogP contribution in [-0.2, 0) is 4.74 Å². The highest BCUT2D eigenvalue weighted by Crippen LogP contribution is 2.16. The van der Waals surface area contributed by atoms with Crippen molar-refractivity contribution in [3.05, 3.63) is 58.9 Å². The number of benzene rings is 1. The van der Waals surface area contributed by atoms with Gasteiger partial charge in [0.1, 0.15) is 11.4 Å². The van der Waals surface area contributed by atoms with Crippen molar-refractivity contribution in [1.29, 1.82) is 0 Å². The SMILES string of the molecule is O=C(Nc1cccc(Cl)c1)c1cccc(C(=O)N2CCOCC2)n1. The molecular formula is C17H16ClN3O3. The van der Waals surface area contributed by atoms with Gasteiger partial charge in [0, 0.05) is 23.8 Å². The lowest BCUT2D eigenvalue weighted by atomic mass is 10.2. The van der Waals surface area contributed by atoms with Gasteiger partial charge in [0.25, 0.3) is 11.8 Å². The summed E-state index contributed by atoms with van der Waals surface area (Å²) >= 11 is 5.90. The molecular weight excluding hydrogens is 330 g/mol. The first-order valence-corrected chi connectivity index (χ1v) is 7.92. The number of carbonyl (C=O) groups excluding carboxylic acids is 2.